The Morgan fingerprint density at radius 2 is 1.95 bits per heavy atom. The van der Waals surface area contributed by atoms with Crippen molar-refractivity contribution in [2.24, 2.45) is 0 Å². The number of nitrogens with one attached hydrogen (secondary N) is 1. The summed E-state index contributed by atoms with van der Waals surface area (Å²) in [6.45, 7) is 1.24. The summed E-state index contributed by atoms with van der Waals surface area (Å²) >= 11 is 0. The molecular weight excluding hydrogens is 246 g/mol. The molecule has 5 nitrogen and oxygen atoms in total. The smallest absolute Gasteiger partial charge is 0.263 e. The van der Waals surface area contributed by atoms with Gasteiger partial charge >= 0.3 is 0 Å². The van der Waals surface area contributed by atoms with Gasteiger partial charge in [0.2, 0.25) is 0 Å². The fraction of sp³-hybridized carbons (Fsp3) is 0.143. The molecule has 0 bridgehead atoms. The van der Waals surface area contributed by atoms with Gasteiger partial charge < -0.3 is 15.2 Å². The van der Waals surface area contributed by atoms with Crippen LogP contribution in [-0.4, -0.2) is 23.9 Å². The first kappa shape index (κ1) is 12.9. The van der Waals surface area contributed by atoms with Gasteiger partial charge in [0.05, 0.1) is 12.8 Å². The van der Waals surface area contributed by atoms with E-state index in [0.29, 0.717) is 5.75 Å². The molecule has 0 atom stereocenters. The second kappa shape index (κ2) is 4.97. The first-order chi connectivity index (χ1) is 9.02. The maximum atomic E-state index is 11.5. The fourth-order valence-electron chi connectivity index (χ4n) is 1.78. The molecule has 1 aromatic carbocycles. The zero-order chi connectivity index (χ0) is 14.0. The molecule has 19 heavy (non-hydrogen) atoms. The van der Waals surface area contributed by atoms with Crippen LogP contribution in [0.1, 0.15) is 12.5 Å². The van der Waals surface area contributed by atoms with Gasteiger partial charge in [0, 0.05) is 0 Å². The van der Waals surface area contributed by atoms with Crippen molar-refractivity contribution in [3.63, 3.8) is 0 Å². The Labute approximate surface area is 110 Å². The van der Waals surface area contributed by atoms with Gasteiger partial charge in [-0.3, -0.25) is 9.59 Å². The largest absolute Gasteiger partial charge is 0.505 e. The van der Waals surface area contributed by atoms with E-state index in [1.165, 1.54) is 6.92 Å². The molecule has 0 fully saturated rings. The van der Waals surface area contributed by atoms with Crippen molar-refractivity contribution in [1.82, 2.24) is 5.32 Å². The fourth-order valence-corrected chi connectivity index (χ4v) is 1.78. The Morgan fingerprint density at radius 1 is 1.32 bits per heavy atom. The summed E-state index contributed by atoms with van der Waals surface area (Å²) in [4.78, 5) is 22.7. The summed E-state index contributed by atoms with van der Waals surface area (Å²) < 4.78 is 5.03. The highest BCUT2D eigenvalue weighted by Crippen LogP contribution is 2.22. The number of aliphatic hydroxyl groups excluding tert-OH is 1. The van der Waals surface area contributed by atoms with Gasteiger partial charge in [-0.25, -0.2) is 0 Å². The molecule has 98 valence electrons. The molecule has 1 aromatic rings. The molecule has 1 aliphatic heterocycles. The number of hydrogen-bond donors (Lipinski definition) is 2. The zero-order valence-electron chi connectivity index (χ0n) is 10.6. The zero-order valence-corrected chi connectivity index (χ0v) is 10.6. The van der Waals surface area contributed by atoms with Crippen LogP contribution in [0, 0.1) is 0 Å². The third kappa shape index (κ3) is 2.49. The topological polar surface area (TPSA) is 75.6 Å². The molecule has 0 aliphatic carbocycles. The van der Waals surface area contributed by atoms with Crippen LogP contribution in [-0.2, 0) is 9.59 Å². The number of benzene rings is 1. The minimum absolute atomic E-state index is 0.209. The number of ketones is 1. The van der Waals surface area contributed by atoms with Crippen LogP contribution in [0.4, 0.5) is 0 Å². The molecule has 1 amide bonds. The average Bonchev–Trinajstić information content (AvgIpc) is 2.65. The van der Waals surface area contributed by atoms with E-state index in [9.17, 15) is 14.7 Å². The van der Waals surface area contributed by atoms with E-state index in [1.54, 1.807) is 37.5 Å². The van der Waals surface area contributed by atoms with Crippen molar-refractivity contribution in [2.45, 2.75) is 6.92 Å². The second-order valence-electron chi connectivity index (χ2n) is 4.07. The van der Waals surface area contributed by atoms with Crippen molar-refractivity contribution in [3.8, 4) is 5.75 Å². The summed E-state index contributed by atoms with van der Waals surface area (Å²) in [5.74, 6) is -0.645. The lowest BCUT2D eigenvalue weighted by molar-refractivity contribution is -0.120. The Kier molecular flexibility index (Phi) is 3.37. The van der Waals surface area contributed by atoms with Crippen LogP contribution in [0.5, 0.6) is 5.75 Å². The van der Waals surface area contributed by atoms with E-state index in [2.05, 4.69) is 5.32 Å². The number of hydrogen-bond acceptors (Lipinski definition) is 4. The number of carbonyl (C=O) groups is 2. The lowest BCUT2D eigenvalue weighted by Gasteiger charge is -2.01. The van der Waals surface area contributed by atoms with Crippen LogP contribution in [0.15, 0.2) is 41.3 Å². The van der Waals surface area contributed by atoms with Crippen LogP contribution in [0.25, 0.3) is 6.08 Å². The summed E-state index contributed by atoms with van der Waals surface area (Å²) in [7, 11) is 1.57. The molecule has 1 heterocycles. The third-order valence-corrected chi connectivity index (χ3v) is 2.75. The van der Waals surface area contributed by atoms with Gasteiger partial charge in [-0.05, 0) is 30.7 Å². The number of Topliss-reactive ketones (excluding diaryl/α,β-unsaturated/α-hetero) is 1. The molecule has 2 rings (SSSR count). The second-order valence-corrected chi connectivity index (χ2v) is 4.07. The Balaban J connectivity index is 2.34. The Morgan fingerprint density at radius 3 is 2.42 bits per heavy atom. The maximum Gasteiger partial charge on any atom is 0.263 e. The molecule has 0 saturated carbocycles. The Bertz CT molecular complexity index is 596. The summed E-state index contributed by atoms with van der Waals surface area (Å²) in [5, 5.41) is 12.3. The maximum absolute atomic E-state index is 11.5. The first-order valence-electron chi connectivity index (χ1n) is 5.64. The van der Waals surface area contributed by atoms with Crippen molar-refractivity contribution in [3.05, 3.63) is 46.9 Å². The van der Waals surface area contributed by atoms with Gasteiger partial charge in [0.15, 0.2) is 11.5 Å². The quantitative estimate of drug-likeness (QED) is 0.808. The molecule has 1 aliphatic rings. The van der Waals surface area contributed by atoms with Crippen molar-refractivity contribution in [1.29, 1.82) is 0 Å². The highest BCUT2D eigenvalue weighted by molar-refractivity contribution is 6.22. The lowest BCUT2D eigenvalue weighted by atomic mass is 10.1. The van der Waals surface area contributed by atoms with Crippen molar-refractivity contribution >= 4 is 17.8 Å². The van der Waals surface area contributed by atoms with E-state index in [1.807, 2.05) is 0 Å². The SMILES string of the molecule is COc1ccc(/C=C2\NC(=O)C(C(C)=O)=C2O)cc1. The first-order valence-corrected chi connectivity index (χ1v) is 5.64. The molecule has 0 saturated heterocycles. The van der Waals surface area contributed by atoms with Crippen molar-refractivity contribution in [2.75, 3.05) is 7.11 Å². The summed E-state index contributed by atoms with van der Waals surface area (Å²) in [6, 6.07) is 7.07. The highest BCUT2D eigenvalue weighted by atomic mass is 16.5. The van der Waals surface area contributed by atoms with Gasteiger partial charge in [-0.2, -0.15) is 0 Å². The van der Waals surface area contributed by atoms with Crippen LogP contribution in [0.2, 0.25) is 0 Å². The predicted octanol–water partition coefficient (Wildman–Crippen LogP) is 1.57. The van der Waals surface area contributed by atoms with Gasteiger partial charge in [-0.15, -0.1) is 0 Å². The van der Waals surface area contributed by atoms with E-state index in [-0.39, 0.29) is 17.0 Å². The van der Waals surface area contributed by atoms with E-state index >= 15 is 0 Å². The van der Waals surface area contributed by atoms with E-state index in [4.69, 9.17) is 4.74 Å². The normalized spacial score (nSPS) is 16.7. The van der Waals surface area contributed by atoms with E-state index in [0.717, 1.165) is 5.56 Å². The number of methoxy groups -OCH3 is 1. The average molecular weight is 259 g/mol. The van der Waals surface area contributed by atoms with Gasteiger partial charge in [0.25, 0.3) is 5.91 Å². The predicted molar refractivity (Wildman–Crippen MR) is 69.4 cm³/mol. The van der Waals surface area contributed by atoms with Crippen LogP contribution >= 0.6 is 0 Å². The number of aliphatic hydroxyl groups is 1. The monoisotopic (exact) mass is 259 g/mol. The lowest BCUT2D eigenvalue weighted by Crippen LogP contribution is -2.18. The molecule has 2 N–H and O–H groups in total. The van der Waals surface area contributed by atoms with Gasteiger partial charge in [-0.1, -0.05) is 12.1 Å². The highest BCUT2D eigenvalue weighted by Gasteiger charge is 2.29. The number of amides is 1. The van der Waals surface area contributed by atoms with E-state index < -0.39 is 11.7 Å². The molecule has 0 radical (unpaired) electrons. The number of ether oxygens (including phenoxy) is 1. The summed E-state index contributed by atoms with van der Waals surface area (Å²) in [5.41, 5.74) is 0.785. The molecule has 0 aromatic heterocycles. The number of carbonyl (C=O) groups excluding carboxylic acids is 2. The van der Waals surface area contributed by atoms with Gasteiger partial charge in [0.1, 0.15) is 11.3 Å². The number of rotatable bonds is 3. The minimum Gasteiger partial charge on any atom is -0.505 e. The summed E-state index contributed by atoms with van der Waals surface area (Å²) in [6.07, 6.45) is 1.59. The molecule has 0 spiro atoms. The van der Waals surface area contributed by atoms with Crippen LogP contribution < -0.4 is 10.1 Å². The molecule has 5 heteroatoms. The Hall–Kier alpha value is -2.56. The molecular formula is C14H13NO4. The minimum atomic E-state index is -0.579. The standard InChI is InChI=1S/C14H13NO4/c1-8(16)12-13(17)11(15-14(12)18)7-9-3-5-10(19-2)6-4-9/h3-7,17H,1-2H3,(H,15,18)/b11-7-. The van der Waals surface area contributed by atoms with Crippen molar-refractivity contribution < 1.29 is 19.4 Å². The third-order valence-electron chi connectivity index (χ3n) is 2.75. The van der Waals surface area contributed by atoms with Crippen LogP contribution in [0.3, 0.4) is 0 Å². The molecule has 0 unspecified atom stereocenters.